The summed E-state index contributed by atoms with van der Waals surface area (Å²) in [4.78, 5) is 20.9. The molecule has 0 spiro atoms. The molecule has 0 aliphatic heterocycles. The highest BCUT2D eigenvalue weighted by atomic mass is 35.7. The maximum Gasteiger partial charge on any atom is 0.336 e. The molecule has 0 fully saturated rings. The number of rotatable bonds is 3. The topological polar surface area (TPSA) is 177 Å². The van der Waals surface area contributed by atoms with Gasteiger partial charge in [0.15, 0.2) is 12.4 Å². The first-order chi connectivity index (χ1) is 8.09. The molecule has 0 aliphatic carbocycles. The fourth-order valence-corrected chi connectivity index (χ4v) is 0.885. The van der Waals surface area contributed by atoms with Crippen LogP contribution in [0.15, 0.2) is 24.5 Å². The van der Waals surface area contributed by atoms with E-state index in [-0.39, 0.29) is 12.1 Å². The zero-order valence-electron chi connectivity index (χ0n) is 8.82. The minimum absolute atomic E-state index is 0.0555. The second kappa shape index (κ2) is 6.83. The Morgan fingerprint density at radius 2 is 1.61 bits per heavy atom. The third-order valence-electron chi connectivity index (χ3n) is 1.48. The highest BCUT2D eigenvalue weighted by Crippen LogP contribution is 1.93. The number of nitrogens with zero attached hydrogens (tertiary/aromatic N) is 1. The highest BCUT2D eigenvalue weighted by molar-refractivity contribution is 5.87. The quantitative estimate of drug-likeness (QED) is 0.518. The number of hydrogen-bond donors (Lipinski definition) is 2. The van der Waals surface area contributed by atoms with Gasteiger partial charge in [-0.1, -0.05) is 0 Å². The standard InChI is InChI=1S/C8H8N2O3.ClHO4/c9-7(11)5-10-3-1-6(2-4-10)8(12)13;2-1(3,4)5/h1-4H,5H2,(H2-,9,11,12,13);(H,2,3,4,5). The number of aromatic nitrogens is 1. The van der Waals surface area contributed by atoms with Crippen molar-refractivity contribution < 1.29 is 48.1 Å². The number of aromatic carboxylic acids is 1. The van der Waals surface area contributed by atoms with Gasteiger partial charge in [0.05, 0.1) is 5.56 Å². The van der Waals surface area contributed by atoms with Crippen LogP contribution in [0.1, 0.15) is 10.4 Å². The van der Waals surface area contributed by atoms with E-state index in [0.717, 1.165) is 0 Å². The number of halogens is 1. The molecular formula is C8H9ClN2O7. The van der Waals surface area contributed by atoms with Gasteiger partial charge in [-0.3, -0.25) is 4.79 Å². The van der Waals surface area contributed by atoms with E-state index in [1.54, 1.807) is 0 Å². The van der Waals surface area contributed by atoms with E-state index in [2.05, 4.69) is 0 Å². The maximum absolute atomic E-state index is 10.5. The zero-order chi connectivity index (χ0) is 14.3. The summed E-state index contributed by atoms with van der Waals surface area (Å²) in [5.74, 6) is -1.46. The van der Waals surface area contributed by atoms with Crippen molar-refractivity contribution in [1.29, 1.82) is 0 Å². The minimum Gasteiger partial charge on any atom is -0.478 e. The summed E-state index contributed by atoms with van der Waals surface area (Å²) >= 11 is 0. The predicted molar refractivity (Wildman–Crippen MR) is 42.8 cm³/mol. The number of carboxylic acid groups (broad SMARTS) is 1. The van der Waals surface area contributed by atoms with E-state index in [4.69, 9.17) is 29.5 Å². The van der Waals surface area contributed by atoms with Crippen LogP contribution in [0.3, 0.4) is 0 Å². The lowest BCUT2D eigenvalue weighted by Gasteiger charge is -2.17. The second-order valence-electron chi connectivity index (χ2n) is 2.91. The van der Waals surface area contributed by atoms with Crippen molar-refractivity contribution in [2.75, 3.05) is 0 Å². The Labute approximate surface area is 103 Å². The number of hydrogen-bond acceptors (Lipinski definition) is 6. The summed E-state index contributed by atoms with van der Waals surface area (Å²) in [7, 11) is -4.94. The van der Waals surface area contributed by atoms with Crippen LogP contribution >= 0.6 is 0 Å². The molecule has 0 radical (unpaired) electrons. The molecule has 0 unspecified atom stereocenters. The molecule has 1 aromatic heterocycles. The number of pyridine rings is 1. The van der Waals surface area contributed by atoms with Gasteiger partial charge in [-0.15, -0.1) is 10.2 Å². The van der Waals surface area contributed by atoms with Gasteiger partial charge in [0.25, 0.3) is 5.91 Å². The summed E-state index contributed by atoms with van der Waals surface area (Å²) in [5.41, 5.74) is 5.13. The Bertz CT molecular complexity index is 408. The largest absolute Gasteiger partial charge is 0.478 e. The van der Waals surface area contributed by atoms with Crippen LogP contribution in [-0.4, -0.2) is 17.0 Å². The highest BCUT2D eigenvalue weighted by Gasteiger charge is 2.07. The summed E-state index contributed by atoms with van der Waals surface area (Å²) in [6, 6.07) is 2.82. The van der Waals surface area contributed by atoms with Crippen molar-refractivity contribution in [3.8, 4) is 0 Å². The van der Waals surface area contributed by atoms with Crippen molar-refractivity contribution >= 4 is 11.9 Å². The second-order valence-corrected chi connectivity index (χ2v) is 3.66. The van der Waals surface area contributed by atoms with E-state index in [9.17, 15) is 9.59 Å². The smallest absolute Gasteiger partial charge is 0.336 e. The Kier molecular flexibility index (Phi) is 6.16. The Balaban J connectivity index is 0.000000494. The first kappa shape index (κ1) is 16.2. The van der Waals surface area contributed by atoms with Crippen molar-refractivity contribution in [3.05, 3.63) is 30.1 Å². The third kappa shape index (κ3) is 9.45. The summed E-state index contributed by atoms with van der Waals surface area (Å²) in [5, 5.41) is 8.56. The van der Waals surface area contributed by atoms with Crippen molar-refractivity contribution in [2.45, 2.75) is 6.54 Å². The van der Waals surface area contributed by atoms with E-state index < -0.39 is 22.1 Å². The van der Waals surface area contributed by atoms with Crippen LogP contribution in [0.2, 0.25) is 0 Å². The normalized spacial score (nSPS) is 10.2. The summed E-state index contributed by atoms with van der Waals surface area (Å²) in [6.45, 7) is 0.0555. The van der Waals surface area contributed by atoms with Crippen molar-refractivity contribution in [2.24, 2.45) is 5.73 Å². The van der Waals surface area contributed by atoms with Gasteiger partial charge in [-0.25, -0.2) is 23.4 Å². The van der Waals surface area contributed by atoms with Gasteiger partial charge in [0.1, 0.15) is 0 Å². The maximum atomic E-state index is 10.5. The molecule has 1 heterocycles. The molecule has 100 valence electrons. The molecule has 1 amide bonds. The molecule has 3 N–H and O–H groups in total. The van der Waals surface area contributed by atoms with Gasteiger partial charge >= 0.3 is 5.97 Å². The summed E-state index contributed by atoms with van der Waals surface area (Å²) in [6.07, 6.45) is 2.99. The monoisotopic (exact) mass is 280 g/mol. The van der Waals surface area contributed by atoms with Crippen molar-refractivity contribution in [3.63, 3.8) is 0 Å². The molecule has 0 bridgehead atoms. The van der Waals surface area contributed by atoms with Crippen LogP contribution < -0.4 is 28.9 Å². The van der Waals surface area contributed by atoms with Gasteiger partial charge < -0.3 is 10.8 Å². The molecular weight excluding hydrogens is 272 g/mol. The molecule has 0 saturated carbocycles. The number of carboxylic acids is 1. The molecule has 9 nitrogen and oxygen atoms in total. The first-order valence-corrected chi connectivity index (χ1v) is 5.45. The first-order valence-electron chi connectivity index (χ1n) is 4.22. The SMILES string of the molecule is NC(=O)C[n+]1ccc(C(=O)O)cc1.[O-][Cl+3]([O-])([O-])[O-]. The van der Waals surface area contributed by atoms with E-state index in [0.29, 0.717) is 0 Å². The van der Waals surface area contributed by atoms with E-state index in [1.165, 1.54) is 29.1 Å². The Hall–Kier alpha value is -1.78. The van der Waals surface area contributed by atoms with E-state index in [1.807, 2.05) is 0 Å². The predicted octanol–water partition coefficient (Wildman–Crippen LogP) is -5.60. The average molecular weight is 281 g/mol. The number of nitrogens with two attached hydrogens (primary N) is 1. The number of carbonyl (C=O) groups is 2. The van der Waals surface area contributed by atoms with Crippen LogP contribution in [0.5, 0.6) is 0 Å². The number of carbonyl (C=O) groups excluding carboxylic acids is 1. The van der Waals surface area contributed by atoms with Gasteiger partial charge in [0.2, 0.25) is 6.54 Å². The fourth-order valence-electron chi connectivity index (χ4n) is 0.885. The van der Waals surface area contributed by atoms with Gasteiger partial charge in [0, 0.05) is 12.1 Å². The molecule has 0 saturated heterocycles. The van der Waals surface area contributed by atoms with Crippen molar-refractivity contribution in [1.82, 2.24) is 0 Å². The fraction of sp³-hybridized carbons (Fsp3) is 0.125. The summed E-state index contributed by atoms with van der Waals surface area (Å²) < 4.78 is 35.5. The molecule has 0 atom stereocenters. The van der Waals surface area contributed by atoms with E-state index >= 15 is 0 Å². The van der Waals surface area contributed by atoms with Crippen LogP contribution in [0, 0.1) is 10.2 Å². The van der Waals surface area contributed by atoms with Crippen LogP contribution in [0.25, 0.3) is 0 Å². The molecule has 0 aromatic carbocycles. The number of primary amides is 1. The lowest BCUT2D eigenvalue weighted by Crippen LogP contribution is -2.68. The molecule has 0 aliphatic rings. The zero-order valence-corrected chi connectivity index (χ0v) is 9.57. The van der Waals surface area contributed by atoms with Crippen LogP contribution in [-0.2, 0) is 11.3 Å². The number of amides is 1. The van der Waals surface area contributed by atoms with Gasteiger partial charge in [-0.2, -0.15) is 4.57 Å². The third-order valence-corrected chi connectivity index (χ3v) is 1.48. The lowest BCUT2D eigenvalue weighted by atomic mass is 10.3. The molecule has 1 rings (SSSR count). The minimum atomic E-state index is -4.94. The van der Waals surface area contributed by atoms with Gasteiger partial charge in [-0.05, 0) is 0 Å². The van der Waals surface area contributed by atoms with Crippen LogP contribution in [0.4, 0.5) is 0 Å². The molecule has 18 heavy (non-hydrogen) atoms. The average Bonchev–Trinajstić information content (AvgIpc) is 2.14. The lowest BCUT2D eigenvalue weighted by molar-refractivity contribution is -2.00. The Morgan fingerprint density at radius 1 is 1.22 bits per heavy atom. The Morgan fingerprint density at radius 3 is 1.89 bits per heavy atom. The molecule has 10 heteroatoms. The molecule has 1 aromatic rings.